The fourth-order valence-corrected chi connectivity index (χ4v) is 3.56. The number of carbonyl (C=O) groups excluding carboxylic acids is 1. The van der Waals surface area contributed by atoms with Crippen LogP contribution in [0.25, 0.3) is 0 Å². The molecule has 2 aliphatic heterocycles. The first-order chi connectivity index (χ1) is 8.83. The number of methoxy groups -OCH3 is 1. The van der Waals surface area contributed by atoms with Crippen LogP contribution in [0.4, 0.5) is 0 Å². The number of rotatable bonds is 5. The predicted molar refractivity (Wildman–Crippen MR) is 71.9 cm³/mol. The van der Waals surface area contributed by atoms with Crippen molar-refractivity contribution in [1.82, 2.24) is 10.2 Å². The van der Waals surface area contributed by atoms with Crippen LogP contribution in [-0.4, -0.2) is 74.4 Å². The van der Waals surface area contributed by atoms with E-state index in [9.17, 15) is 4.79 Å². The number of ether oxygens (including phenoxy) is 2. The summed E-state index contributed by atoms with van der Waals surface area (Å²) in [6.07, 6.45) is 0.765. The summed E-state index contributed by atoms with van der Waals surface area (Å²) in [5, 5.41) is 3.21. The molecule has 0 aliphatic carbocycles. The van der Waals surface area contributed by atoms with Gasteiger partial charge in [-0.3, -0.25) is 4.79 Å². The van der Waals surface area contributed by atoms with Crippen LogP contribution in [0, 0.1) is 0 Å². The molecule has 1 amide bonds. The summed E-state index contributed by atoms with van der Waals surface area (Å²) < 4.78 is 10.7. The molecule has 2 atom stereocenters. The van der Waals surface area contributed by atoms with Gasteiger partial charge in [-0.05, 0) is 12.2 Å². The van der Waals surface area contributed by atoms with Gasteiger partial charge in [0, 0.05) is 38.5 Å². The lowest BCUT2D eigenvalue weighted by Crippen LogP contribution is -2.53. The van der Waals surface area contributed by atoms with Gasteiger partial charge >= 0.3 is 0 Å². The third kappa shape index (κ3) is 3.60. The molecule has 0 aromatic rings. The van der Waals surface area contributed by atoms with Gasteiger partial charge < -0.3 is 19.7 Å². The maximum atomic E-state index is 12.5. The maximum Gasteiger partial charge on any atom is 0.253 e. The van der Waals surface area contributed by atoms with E-state index in [-0.39, 0.29) is 12.0 Å². The van der Waals surface area contributed by atoms with E-state index >= 15 is 0 Å². The van der Waals surface area contributed by atoms with Crippen molar-refractivity contribution in [1.29, 1.82) is 0 Å². The third-order valence-corrected chi connectivity index (χ3v) is 4.51. The van der Waals surface area contributed by atoms with Gasteiger partial charge in [-0.15, -0.1) is 0 Å². The number of carbonyl (C=O) groups is 1. The monoisotopic (exact) mass is 274 g/mol. The molecule has 104 valence electrons. The minimum absolute atomic E-state index is 0.117. The molecule has 2 heterocycles. The van der Waals surface area contributed by atoms with Crippen molar-refractivity contribution in [3.8, 4) is 0 Å². The van der Waals surface area contributed by atoms with Gasteiger partial charge in [0.2, 0.25) is 0 Å². The van der Waals surface area contributed by atoms with Crippen LogP contribution >= 0.6 is 11.8 Å². The van der Waals surface area contributed by atoms with Crippen molar-refractivity contribution in [2.75, 3.05) is 51.5 Å². The van der Waals surface area contributed by atoms with Crippen molar-refractivity contribution < 1.29 is 14.3 Å². The Morgan fingerprint density at radius 2 is 2.50 bits per heavy atom. The summed E-state index contributed by atoms with van der Waals surface area (Å²) in [6.45, 7) is 3.34. The van der Waals surface area contributed by atoms with Crippen LogP contribution in [0.5, 0.6) is 0 Å². The Morgan fingerprint density at radius 1 is 1.61 bits per heavy atom. The average molecular weight is 274 g/mol. The molecule has 2 fully saturated rings. The molecule has 2 saturated heterocycles. The van der Waals surface area contributed by atoms with E-state index in [0.717, 1.165) is 24.5 Å². The Labute approximate surface area is 113 Å². The maximum absolute atomic E-state index is 12.5. The Bertz CT molecular complexity index is 266. The van der Waals surface area contributed by atoms with E-state index in [1.807, 2.05) is 16.7 Å². The van der Waals surface area contributed by atoms with Gasteiger partial charge in [0.05, 0.1) is 13.2 Å². The lowest BCUT2D eigenvalue weighted by molar-refractivity contribution is -0.147. The van der Waals surface area contributed by atoms with Crippen LogP contribution in [0.1, 0.15) is 6.42 Å². The second-order valence-electron chi connectivity index (χ2n) is 4.61. The van der Waals surface area contributed by atoms with Gasteiger partial charge in [-0.25, -0.2) is 0 Å². The Hall–Kier alpha value is -0.300. The topological polar surface area (TPSA) is 50.8 Å². The minimum Gasteiger partial charge on any atom is -0.383 e. The molecule has 2 rings (SSSR count). The molecule has 0 bridgehead atoms. The van der Waals surface area contributed by atoms with Crippen LogP contribution in [0.15, 0.2) is 0 Å². The number of thioether (sulfide) groups is 1. The van der Waals surface area contributed by atoms with Gasteiger partial charge in [-0.2, -0.15) is 11.8 Å². The smallest absolute Gasteiger partial charge is 0.253 e. The highest BCUT2D eigenvalue weighted by molar-refractivity contribution is 7.99. The van der Waals surface area contributed by atoms with Crippen molar-refractivity contribution in [2.45, 2.75) is 18.6 Å². The summed E-state index contributed by atoms with van der Waals surface area (Å²) in [6, 6.07) is 0.350. The zero-order valence-electron chi connectivity index (χ0n) is 10.9. The van der Waals surface area contributed by atoms with E-state index in [2.05, 4.69) is 5.32 Å². The van der Waals surface area contributed by atoms with Gasteiger partial charge in [-0.1, -0.05) is 0 Å². The molecule has 0 aromatic carbocycles. The summed E-state index contributed by atoms with van der Waals surface area (Å²) >= 11 is 1.92. The number of morpholine rings is 1. The molecule has 0 saturated carbocycles. The number of nitrogens with zero attached hydrogens (tertiary/aromatic N) is 1. The van der Waals surface area contributed by atoms with Crippen LogP contribution in [0.3, 0.4) is 0 Å². The molecule has 0 aromatic heterocycles. The molecular weight excluding hydrogens is 252 g/mol. The SMILES string of the molecule is COCCN(C(=O)C1CNCCO1)C1CCSC1. The lowest BCUT2D eigenvalue weighted by atomic mass is 10.1. The highest BCUT2D eigenvalue weighted by Crippen LogP contribution is 2.23. The van der Waals surface area contributed by atoms with E-state index < -0.39 is 0 Å². The number of amides is 1. The molecule has 1 N–H and O–H groups in total. The van der Waals surface area contributed by atoms with Crippen LogP contribution in [0.2, 0.25) is 0 Å². The van der Waals surface area contributed by atoms with E-state index in [0.29, 0.717) is 32.3 Å². The van der Waals surface area contributed by atoms with E-state index in [4.69, 9.17) is 9.47 Å². The molecule has 6 heteroatoms. The van der Waals surface area contributed by atoms with Crippen molar-refractivity contribution in [3.05, 3.63) is 0 Å². The Balaban J connectivity index is 1.94. The fraction of sp³-hybridized carbons (Fsp3) is 0.917. The first-order valence-corrected chi connectivity index (χ1v) is 7.68. The number of nitrogens with one attached hydrogen (secondary N) is 1. The van der Waals surface area contributed by atoms with Gasteiger partial charge in [0.1, 0.15) is 6.10 Å². The average Bonchev–Trinajstić information content (AvgIpc) is 2.94. The van der Waals surface area contributed by atoms with Gasteiger partial charge in [0.15, 0.2) is 0 Å². The summed E-state index contributed by atoms with van der Waals surface area (Å²) in [5.74, 6) is 2.30. The highest BCUT2D eigenvalue weighted by Gasteiger charge is 2.32. The second kappa shape index (κ2) is 7.33. The zero-order valence-corrected chi connectivity index (χ0v) is 11.7. The summed E-state index contributed by atoms with van der Waals surface area (Å²) in [5.41, 5.74) is 0. The second-order valence-corrected chi connectivity index (χ2v) is 5.76. The highest BCUT2D eigenvalue weighted by atomic mass is 32.2. The van der Waals surface area contributed by atoms with E-state index in [1.54, 1.807) is 7.11 Å². The van der Waals surface area contributed by atoms with Gasteiger partial charge in [0.25, 0.3) is 5.91 Å². The van der Waals surface area contributed by atoms with Crippen molar-refractivity contribution in [3.63, 3.8) is 0 Å². The fourth-order valence-electron chi connectivity index (χ4n) is 2.34. The lowest BCUT2D eigenvalue weighted by Gasteiger charge is -2.33. The predicted octanol–water partition coefficient (Wildman–Crippen LogP) is -0.0447. The third-order valence-electron chi connectivity index (χ3n) is 3.37. The van der Waals surface area contributed by atoms with Crippen molar-refractivity contribution >= 4 is 17.7 Å². The molecule has 5 nitrogen and oxygen atoms in total. The molecule has 2 aliphatic rings. The normalized spacial score (nSPS) is 28.3. The first-order valence-electron chi connectivity index (χ1n) is 6.52. The standard InChI is InChI=1S/C12H22N2O3S/c1-16-6-4-14(10-2-7-18-9-10)12(15)11-8-13-3-5-17-11/h10-11,13H,2-9H2,1H3. The molecule has 18 heavy (non-hydrogen) atoms. The van der Waals surface area contributed by atoms with Crippen molar-refractivity contribution in [2.24, 2.45) is 0 Å². The Morgan fingerprint density at radius 3 is 3.11 bits per heavy atom. The first kappa shape index (κ1) is 14.1. The number of hydrogen-bond acceptors (Lipinski definition) is 5. The zero-order chi connectivity index (χ0) is 12.8. The molecule has 0 spiro atoms. The summed E-state index contributed by atoms with van der Waals surface area (Å²) in [4.78, 5) is 14.4. The van der Waals surface area contributed by atoms with Crippen LogP contribution < -0.4 is 5.32 Å². The van der Waals surface area contributed by atoms with Crippen LogP contribution in [-0.2, 0) is 14.3 Å². The quantitative estimate of drug-likeness (QED) is 0.762. The molecule has 2 unspecified atom stereocenters. The molecular formula is C12H22N2O3S. The molecule has 0 radical (unpaired) electrons. The van der Waals surface area contributed by atoms with E-state index in [1.165, 1.54) is 0 Å². The summed E-state index contributed by atoms with van der Waals surface area (Å²) in [7, 11) is 1.67. The number of hydrogen-bond donors (Lipinski definition) is 1. The minimum atomic E-state index is -0.318. The largest absolute Gasteiger partial charge is 0.383 e. The Kier molecular flexibility index (Phi) is 5.75.